The third-order valence-corrected chi connectivity index (χ3v) is 11.6. The van der Waals surface area contributed by atoms with Crippen LogP contribution >= 0.6 is 33.8 Å². The molecule has 1 aromatic carbocycles. The van der Waals surface area contributed by atoms with Crippen molar-refractivity contribution in [1.82, 2.24) is 14.7 Å². The van der Waals surface area contributed by atoms with Crippen molar-refractivity contribution in [3.8, 4) is 11.3 Å². The Balaban J connectivity index is 1.65. The van der Waals surface area contributed by atoms with Gasteiger partial charge in [-0.3, -0.25) is 9.11 Å². The number of nitrogens with one attached hydrogen (secondary N) is 1. The van der Waals surface area contributed by atoms with E-state index in [0.29, 0.717) is 58.7 Å². The zero-order valence-electron chi connectivity index (χ0n) is 22.8. The van der Waals surface area contributed by atoms with Crippen molar-refractivity contribution < 1.29 is 23.2 Å². The molecule has 2 unspecified atom stereocenters. The first-order chi connectivity index (χ1) is 18.2. The molecular formula is C26H36Cl2N4O5S2. The smallest absolute Gasteiger partial charge is 0.360 e. The number of anilines is 1. The number of ether oxygens (including phenoxy) is 1. The molecule has 0 radical (unpaired) electrons. The number of aromatic nitrogens is 2. The summed E-state index contributed by atoms with van der Waals surface area (Å²) in [5.74, 6) is 0.260. The highest BCUT2D eigenvalue weighted by molar-refractivity contribution is 8.24. The predicted molar refractivity (Wildman–Crippen MR) is 159 cm³/mol. The van der Waals surface area contributed by atoms with E-state index >= 15 is 0 Å². The average Bonchev–Trinajstić information content (AvgIpc) is 3.09. The maximum atomic E-state index is 13.0. The lowest BCUT2D eigenvalue weighted by atomic mass is 9.75. The molecule has 2 aromatic rings. The summed E-state index contributed by atoms with van der Waals surface area (Å²) in [7, 11) is -2.80. The van der Waals surface area contributed by atoms with Crippen molar-refractivity contribution in [3.63, 3.8) is 0 Å². The second kappa shape index (κ2) is 11.5. The number of esters is 1. The van der Waals surface area contributed by atoms with Gasteiger partial charge in [-0.25, -0.2) is 14.8 Å². The molecule has 4 rings (SSSR count). The number of hydrogen-bond donors (Lipinski definition) is 3. The molecule has 13 heteroatoms. The Morgan fingerprint density at radius 2 is 1.95 bits per heavy atom. The Kier molecular flexibility index (Phi) is 9.05. The molecule has 0 amide bonds. The minimum atomic E-state index is -2.80. The fourth-order valence-corrected chi connectivity index (χ4v) is 9.13. The topological polar surface area (TPSA) is 131 Å². The summed E-state index contributed by atoms with van der Waals surface area (Å²) in [5, 5.41) is 0.696. The molecule has 3 heterocycles. The van der Waals surface area contributed by atoms with Gasteiger partial charge in [-0.15, -0.1) is 4.72 Å². The second-order valence-corrected chi connectivity index (χ2v) is 16.2. The zero-order valence-corrected chi connectivity index (χ0v) is 25.9. The van der Waals surface area contributed by atoms with E-state index < -0.39 is 38.1 Å². The summed E-state index contributed by atoms with van der Waals surface area (Å²) in [5.41, 5.74) is 1.25. The fourth-order valence-electron chi connectivity index (χ4n) is 5.19. The molecule has 2 atom stereocenters. The van der Waals surface area contributed by atoms with E-state index in [9.17, 15) is 18.5 Å². The monoisotopic (exact) mass is 618 g/mol. The lowest BCUT2D eigenvalue weighted by Gasteiger charge is -2.43. The molecule has 2 aliphatic rings. The van der Waals surface area contributed by atoms with Crippen LogP contribution in [0.5, 0.6) is 0 Å². The third kappa shape index (κ3) is 6.46. The quantitative estimate of drug-likeness (QED) is 0.275. The van der Waals surface area contributed by atoms with Gasteiger partial charge < -0.3 is 14.2 Å². The van der Waals surface area contributed by atoms with E-state index in [2.05, 4.69) is 9.71 Å². The molecule has 0 aliphatic carbocycles. The van der Waals surface area contributed by atoms with Crippen LogP contribution in [0.1, 0.15) is 56.7 Å². The number of benzene rings is 1. The number of piperidine rings is 1. The van der Waals surface area contributed by atoms with Crippen LogP contribution in [0.25, 0.3) is 11.3 Å². The van der Waals surface area contributed by atoms with Crippen LogP contribution in [0.2, 0.25) is 10.0 Å². The minimum Gasteiger partial charge on any atom is -0.598 e. The Morgan fingerprint density at radius 3 is 2.56 bits per heavy atom. The maximum absolute atomic E-state index is 13.0. The zero-order chi connectivity index (χ0) is 28.8. The predicted octanol–water partition coefficient (Wildman–Crippen LogP) is 5.71. The Labute approximate surface area is 244 Å². The van der Waals surface area contributed by atoms with E-state index in [1.807, 2.05) is 25.7 Å². The van der Waals surface area contributed by atoms with Crippen LogP contribution in [0.4, 0.5) is 5.82 Å². The molecule has 0 saturated carbocycles. The highest BCUT2D eigenvalue weighted by Crippen LogP contribution is 2.58. The minimum absolute atomic E-state index is 0.0867. The highest BCUT2D eigenvalue weighted by Gasteiger charge is 2.54. The molecule has 1 aromatic heterocycles. The summed E-state index contributed by atoms with van der Waals surface area (Å²) in [4.78, 5) is 24.5. The molecule has 3 N–H and O–H groups in total. The average molecular weight is 620 g/mol. The Morgan fingerprint density at radius 1 is 1.28 bits per heavy atom. The summed E-state index contributed by atoms with van der Waals surface area (Å²) in [6.45, 7) is 10.4. The number of rotatable bonds is 6. The van der Waals surface area contributed by atoms with Gasteiger partial charge in [0.25, 0.3) is 0 Å². The summed E-state index contributed by atoms with van der Waals surface area (Å²) < 4.78 is 42.3. The molecule has 9 nitrogen and oxygen atoms in total. The van der Waals surface area contributed by atoms with Gasteiger partial charge in [-0.1, -0.05) is 35.3 Å². The normalized spacial score (nSPS) is 22.1. The van der Waals surface area contributed by atoms with E-state index in [1.165, 1.54) is 0 Å². The first kappa shape index (κ1) is 30.6. The Bertz CT molecular complexity index is 1240. The van der Waals surface area contributed by atoms with Gasteiger partial charge in [0.15, 0.2) is 11.5 Å². The summed E-state index contributed by atoms with van der Waals surface area (Å²) >= 11 is 11.3. The van der Waals surface area contributed by atoms with Crippen molar-refractivity contribution in [3.05, 3.63) is 39.6 Å². The van der Waals surface area contributed by atoms with E-state index in [0.717, 1.165) is 0 Å². The molecule has 2 aliphatic heterocycles. The summed E-state index contributed by atoms with van der Waals surface area (Å²) in [6, 6.07) is 4.92. The van der Waals surface area contributed by atoms with Crippen LogP contribution in [0.3, 0.4) is 0 Å². The molecule has 39 heavy (non-hydrogen) atoms. The van der Waals surface area contributed by atoms with Crippen LogP contribution in [0.15, 0.2) is 18.2 Å². The lowest BCUT2D eigenvalue weighted by Crippen LogP contribution is -2.55. The SMILES string of the molecule is CCOC(=O)c1nc(-c2cccc(Cl)c2Cl)c(C)nc1N1CCC2(CC1)CS(O)(O)CC2N[S+]([O-])C(C)(C)C. The number of nitrogens with zero attached hydrogens (tertiary/aromatic N) is 3. The van der Waals surface area contributed by atoms with Gasteiger partial charge >= 0.3 is 5.97 Å². The standard InChI is InChI=1S/C26H36Cl2N4O5S2/c1-6-37-24(33)22-23(29-16(2)21(30-22)17-8-7-9-18(27)20(17)28)32-12-10-26(11-13-32)15-39(35,36)14-19(26)31-38(34)25(3,4)5/h7-9,19,31,35-36H,6,10-15H2,1-5H3. The molecule has 216 valence electrons. The summed E-state index contributed by atoms with van der Waals surface area (Å²) in [6.07, 6.45) is 1.21. The third-order valence-electron chi connectivity index (χ3n) is 7.28. The number of carbonyl (C=O) groups is 1. The lowest BCUT2D eigenvalue weighted by molar-refractivity contribution is 0.0519. The molecular weight excluding hydrogens is 583 g/mol. The fraction of sp³-hybridized carbons (Fsp3) is 0.577. The van der Waals surface area contributed by atoms with Gasteiger partial charge in [0.1, 0.15) is 4.75 Å². The van der Waals surface area contributed by atoms with Gasteiger partial charge in [0, 0.05) is 41.2 Å². The van der Waals surface area contributed by atoms with Gasteiger partial charge in [0.05, 0.1) is 39.8 Å². The van der Waals surface area contributed by atoms with Crippen molar-refractivity contribution in [2.45, 2.75) is 58.2 Å². The van der Waals surface area contributed by atoms with Crippen LogP contribution < -0.4 is 9.62 Å². The first-order valence-corrected chi connectivity index (χ1v) is 16.6. The maximum Gasteiger partial charge on any atom is 0.360 e. The highest BCUT2D eigenvalue weighted by atomic mass is 35.5. The van der Waals surface area contributed by atoms with Crippen molar-refractivity contribution >= 4 is 56.9 Å². The van der Waals surface area contributed by atoms with Crippen LogP contribution in [-0.4, -0.2) is 71.6 Å². The second-order valence-electron chi connectivity index (χ2n) is 11.2. The molecule has 0 bridgehead atoms. The van der Waals surface area contributed by atoms with Gasteiger partial charge in [-0.05, 0) is 53.5 Å². The number of carbonyl (C=O) groups excluding carboxylic acids is 1. The number of halogens is 2. The van der Waals surface area contributed by atoms with Gasteiger partial charge in [0.2, 0.25) is 0 Å². The van der Waals surface area contributed by atoms with Gasteiger partial charge in [-0.2, -0.15) is 10.6 Å². The first-order valence-electron chi connectivity index (χ1n) is 12.8. The number of aryl methyl sites for hydroxylation is 1. The number of hydrogen-bond acceptors (Lipinski definition) is 9. The molecule has 2 saturated heterocycles. The van der Waals surface area contributed by atoms with Crippen molar-refractivity contribution in [2.24, 2.45) is 5.41 Å². The van der Waals surface area contributed by atoms with E-state index in [-0.39, 0.29) is 29.8 Å². The largest absolute Gasteiger partial charge is 0.598 e. The van der Waals surface area contributed by atoms with Crippen LogP contribution in [0, 0.1) is 12.3 Å². The van der Waals surface area contributed by atoms with E-state index in [4.69, 9.17) is 32.9 Å². The molecule has 1 spiro atoms. The van der Waals surface area contributed by atoms with Crippen molar-refractivity contribution in [2.75, 3.05) is 36.1 Å². The van der Waals surface area contributed by atoms with E-state index in [1.54, 1.807) is 32.0 Å². The molecule has 2 fully saturated rings. The van der Waals surface area contributed by atoms with Crippen molar-refractivity contribution in [1.29, 1.82) is 0 Å². The van der Waals surface area contributed by atoms with Crippen LogP contribution in [-0.2, 0) is 16.1 Å². The Hall–Kier alpha value is -1.31.